The molecule has 1 unspecified atom stereocenters. The molecule has 1 fully saturated rings. The Morgan fingerprint density at radius 1 is 1.24 bits per heavy atom. The molecule has 5 rings (SSSR count). The predicted octanol–water partition coefficient (Wildman–Crippen LogP) is 6.19. The van der Waals surface area contributed by atoms with E-state index in [4.69, 9.17) is 0 Å². The number of hydrogen-bond donors (Lipinski definition) is 2. The summed E-state index contributed by atoms with van der Waals surface area (Å²) in [5.41, 5.74) is 1.72. The van der Waals surface area contributed by atoms with Crippen LogP contribution in [0.25, 0.3) is 21.1 Å². The molecule has 2 N–H and O–H groups in total. The van der Waals surface area contributed by atoms with Crippen molar-refractivity contribution >= 4 is 38.3 Å². The average molecular weight is 581 g/mol. The Bertz CT molecular complexity index is 1640. The molecular formula is C30H31F3N6OS. The van der Waals surface area contributed by atoms with Crippen LogP contribution in [0.1, 0.15) is 35.9 Å². The minimum atomic E-state index is -4.26. The van der Waals surface area contributed by atoms with Gasteiger partial charge in [0.15, 0.2) is 0 Å². The largest absolute Gasteiger partial charge is 0.393 e. The minimum absolute atomic E-state index is 0.156. The summed E-state index contributed by atoms with van der Waals surface area (Å²) in [5, 5.41) is 25.6. The van der Waals surface area contributed by atoms with Gasteiger partial charge in [-0.05, 0) is 55.2 Å². The van der Waals surface area contributed by atoms with Crippen LogP contribution in [0.5, 0.6) is 0 Å². The van der Waals surface area contributed by atoms with Crippen LogP contribution in [-0.4, -0.2) is 55.5 Å². The highest BCUT2D eigenvalue weighted by molar-refractivity contribution is 7.18. The molecule has 1 saturated heterocycles. The maximum absolute atomic E-state index is 12.9. The van der Waals surface area contributed by atoms with Crippen molar-refractivity contribution in [2.75, 3.05) is 18.4 Å². The molecule has 11 heteroatoms. The van der Waals surface area contributed by atoms with E-state index < -0.39 is 18.2 Å². The SMILES string of the molecule is C=CC(=C)C(C)(O)Cn1c(C#N)cc2cc(CN3CCC(Nc4ncnc5sc(CC(F)(F)F)cc45)CC3)ccc21. The van der Waals surface area contributed by atoms with Gasteiger partial charge in [0.2, 0.25) is 0 Å². The summed E-state index contributed by atoms with van der Waals surface area (Å²) in [7, 11) is 0. The third kappa shape index (κ3) is 6.45. The van der Waals surface area contributed by atoms with Gasteiger partial charge < -0.3 is 15.0 Å². The number of nitrogens with zero attached hydrogens (tertiary/aromatic N) is 5. The summed E-state index contributed by atoms with van der Waals surface area (Å²) in [6.45, 7) is 11.9. The molecule has 0 amide bonds. The standard InChI is InChI=1S/C30H31F3N6OS/c1-4-19(2)29(3,40)17-39-23(15-34)12-21-11-20(5-6-26(21)39)16-38-9-7-22(8-10-38)37-27-25-13-24(14-30(31,32)33)41-28(25)36-18-35-27/h4-6,11-13,18,22,40H,1-2,7-10,14,16-17H2,3H3,(H,35,36,37). The molecule has 4 aromatic rings. The van der Waals surface area contributed by atoms with Crippen molar-refractivity contribution in [1.29, 1.82) is 5.26 Å². The molecule has 0 aliphatic carbocycles. The lowest BCUT2D eigenvalue weighted by molar-refractivity contribution is -0.126. The van der Waals surface area contributed by atoms with E-state index in [2.05, 4.69) is 45.5 Å². The first kappa shape index (κ1) is 28.8. The highest BCUT2D eigenvalue weighted by Crippen LogP contribution is 2.33. The summed E-state index contributed by atoms with van der Waals surface area (Å²) in [6, 6.07) is 11.9. The van der Waals surface area contributed by atoms with E-state index in [9.17, 15) is 23.5 Å². The third-order valence-corrected chi connectivity index (χ3v) is 8.62. The van der Waals surface area contributed by atoms with Crippen LogP contribution in [0, 0.1) is 11.3 Å². The molecule has 7 nitrogen and oxygen atoms in total. The van der Waals surface area contributed by atoms with Crippen molar-refractivity contribution in [3.05, 3.63) is 77.6 Å². The molecule has 1 aliphatic heterocycles. The Morgan fingerprint density at radius 2 is 2.00 bits per heavy atom. The first-order valence-electron chi connectivity index (χ1n) is 13.3. The zero-order chi connectivity index (χ0) is 29.4. The predicted molar refractivity (Wildman–Crippen MR) is 156 cm³/mol. The number of aliphatic hydroxyl groups is 1. The number of hydrogen-bond acceptors (Lipinski definition) is 7. The van der Waals surface area contributed by atoms with E-state index in [1.54, 1.807) is 13.0 Å². The molecule has 0 saturated carbocycles. The van der Waals surface area contributed by atoms with E-state index in [0.717, 1.165) is 60.3 Å². The number of likely N-dealkylation sites (tertiary alicyclic amines) is 1. The molecule has 1 aromatic carbocycles. The highest BCUT2D eigenvalue weighted by Gasteiger charge is 2.29. The number of fused-ring (bicyclic) bond motifs is 2. The quantitative estimate of drug-likeness (QED) is 0.230. The number of rotatable bonds is 9. The number of aromatic nitrogens is 3. The number of alkyl halides is 3. The number of nitrogens with one attached hydrogen (secondary N) is 1. The number of thiophene rings is 1. The average Bonchev–Trinajstić information content (AvgIpc) is 3.48. The van der Waals surface area contributed by atoms with Gasteiger partial charge in [0.05, 0.1) is 18.4 Å². The van der Waals surface area contributed by atoms with Crippen LogP contribution in [0.15, 0.2) is 61.5 Å². The van der Waals surface area contributed by atoms with Crippen molar-refractivity contribution in [1.82, 2.24) is 19.4 Å². The Balaban J connectivity index is 1.23. The number of benzene rings is 1. The molecule has 1 atom stereocenters. The molecular weight excluding hydrogens is 549 g/mol. The van der Waals surface area contributed by atoms with Gasteiger partial charge in [-0.15, -0.1) is 11.3 Å². The van der Waals surface area contributed by atoms with Gasteiger partial charge in [0.25, 0.3) is 0 Å². The van der Waals surface area contributed by atoms with Gasteiger partial charge in [-0.2, -0.15) is 18.4 Å². The minimum Gasteiger partial charge on any atom is -0.384 e. The molecule has 0 spiro atoms. The molecule has 3 aromatic heterocycles. The maximum atomic E-state index is 12.9. The van der Waals surface area contributed by atoms with Gasteiger partial charge in [-0.25, -0.2) is 9.97 Å². The summed E-state index contributed by atoms with van der Waals surface area (Å²) >= 11 is 1.05. The maximum Gasteiger partial charge on any atom is 0.393 e. The second-order valence-electron chi connectivity index (χ2n) is 10.8. The summed E-state index contributed by atoms with van der Waals surface area (Å²) in [4.78, 5) is 11.6. The van der Waals surface area contributed by atoms with Crippen molar-refractivity contribution in [3.63, 3.8) is 0 Å². The number of piperidine rings is 1. The van der Waals surface area contributed by atoms with Crippen molar-refractivity contribution < 1.29 is 18.3 Å². The van der Waals surface area contributed by atoms with Gasteiger partial charge in [-0.1, -0.05) is 25.3 Å². The van der Waals surface area contributed by atoms with Crippen LogP contribution in [0.2, 0.25) is 0 Å². The Kier molecular flexibility index (Phi) is 7.92. The summed E-state index contributed by atoms with van der Waals surface area (Å²) in [5.74, 6) is 0.581. The third-order valence-electron chi connectivity index (χ3n) is 7.57. The van der Waals surface area contributed by atoms with E-state index in [0.29, 0.717) is 27.3 Å². The fraction of sp³-hybridized carbons (Fsp3) is 0.367. The zero-order valence-corrected chi connectivity index (χ0v) is 23.5. The summed E-state index contributed by atoms with van der Waals surface area (Å²) < 4.78 is 40.4. The highest BCUT2D eigenvalue weighted by atomic mass is 32.1. The van der Waals surface area contributed by atoms with Crippen LogP contribution < -0.4 is 5.32 Å². The van der Waals surface area contributed by atoms with Crippen molar-refractivity contribution in [3.8, 4) is 6.07 Å². The van der Waals surface area contributed by atoms with Gasteiger partial charge >= 0.3 is 6.18 Å². The monoisotopic (exact) mass is 580 g/mol. The zero-order valence-electron chi connectivity index (χ0n) is 22.7. The first-order chi connectivity index (χ1) is 19.5. The lowest BCUT2D eigenvalue weighted by Crippen LogP contribution is -2.38. The Labute approximate surface area is 240 Å². The lowest BCUT2D eigenvalue weighted by atomic mass is 9.97. The Morgan fingerprint density at radius 3 is 2.68 bits per heavy atom. The fourth-order valence-electron chi connectivity index (χ4n) is 5.30. The van der Waals surface area contributed by atoms with E-state index in [1.807, 2.05) is 22.8 Å². The molecule has 1 aliphatic rings. The van der Waals surface area contributed by atoms with Gasteiger partial charge in [0.1, 0.15) is 34.3 Å². The number of halogens is 3. The van der Waals surface area contributed by atoms with E-state index in [1.165, 1.54) is 12.4 Å². The number of anilines is 1. The smallest absolute Gasteiger partial charge is 0.384 e. The Hall–Kier alpha value is -3.72. The van der Waals surface area contributed by atoms with Crippen molar-refractivity contribution in [2.24, 2.45) is 0 Å². The van der Waals surface area contributed by atoms with E-state index in [-0.39, 0.29) is 17.5 Å². The fourth-order valence-corrected chi connectivity index (χ4v) is 6.33. The topological polar surface area (TPSA) is 90.0 Å². The molecule has 4 heterocycles. The van der Waals surface area contributed by atoms with E-state index >= 15 is 0 Å². The lowest BCUT2D eigenvalue weighted by Gasteiger charge is -2.32. The van der Waals surface area contributed by atoms with Crippen molar-refractivity contribution in [2.45, 2.75) is 57.1 Å². The molecule has 214 valence electrons. The van der Waals surface area contributed by atoms with Gasteiger partial charge in [0, 0.05) is 41.5 Å². The first-order valence-corrected chi connectivity index (χ1v) is 14.1. The van der Waals surface area contributed by atoms with Crippen LogP contribution >= 0.6 is 11.3 Å². The second-order valence-corrected chi connectivity index (χ2v) is 11.9. The molecule has 0 bridgehead atoms. The molecule has 0 radical (unpaired) electrons. The summed E-state index contributed by atoms with van der Waals surface area (Å²) in [6.07, 6.45) is -0.574. The normalized spacial score (nSPS) is 16.5. The van der Waals surface area contributed by atoms with Crippen LogP contribution in [0.4, 0.5) is 19.0 Å². The second kappa shape index (κ2) is 11.3. The van der Waals surface area contributed by atoms with Crippen LogP contribution in [0.3, 0.4) is 0 Å². The van der Waals surface area contributed by atoms with Crippen LogP contribution in [-0.2, 0) is 19.5 Å². The number of nitriles is 1. The van der Waals surface area contributed by atoms with Gasteiger partial charge in [-0.3, -0.25) is 4.90 Å². The molecule has 41 heavy (non-hydrogen) atoms.